The Morgan fingerprint density at radius 2 is 2.04 bits per heavy atom. The summed E-state index contributed by atoms with van der Waals surface area (Å²) in [6, 6.07) is 12.9. The molecular formula is C17H11Br2ClN2O2S. The van der Waals surface area contributed by atoms with E-state index in [0.29, 0.717) is 15.9 Å². The maximum atomic E-state index is 12.1. The fourth-order valence-corrected chi connectivity index (χ4v) is 4.14. The summed E-state index contributed by atoms with van der Waals surface area (Å²) in [4.78, 5) is 16.5. The standard InChI is InChI=1S/C17H11Br2ClN2O2S/c18-10-5-6-15(12(19)7-10)24-8-16(23)22-17-21-14(9-25-17)11-3-1-2-4-13(11)20/h1-7,9H,8H2,(H,21,22,23). The van der Waals surface area contributed by atoms with Gasteiger partial charge in [0.25, 0.3) is 5.91 Å². The van der Waals surface area contributed by atoms with Crippen molar-refractivity contribution in [2.24, 2.45) is 0 Å². The third kappa shape index (κ3) is 4.82. The van der Waals surface area contributed by atoms with Crippen molar-refractivity contribution in [3.8, 4) is 17.0 Å². The van der Waals surface area contributed by atoms with E-state index in [1.807, 2.05) is 35.7 Å². The Morgan fingerprint density at radius 3 is 2.80 bits per heavy atom. The molecular weight excluding hydrogens is 492 g/mol. The van der Waals surface area contributed by atoms with E-state index in [-0.39, 0.29) is 12.5 Å². The molecule has 4 nitrogen and oxygen atoms in total. The summed E-state index contributed by atoms with van der Waals surface area (Å²) in [5.74, 6) is 0.309. The van der Waals surface area contributed by atoms with Crippen molar-refractivity contribution < 1.29 is 9.53 Å². The Labute approximate surface area is 170 Å². The minimum Gasteiger partial charge on any atom is -0.483 e. The fourth-order valence-electron chi connectivity index (χ4n) is 2.01. The van der Waals surface area contributed by atoms with Gasteiger partial charge in [-0.3, -0.25) is 10.1 Å². The highest BCUT2D eigenvalue weighted by Crippen LogP contribution is 2.30. The third-order valence-corrected chi connectivity index (χ3v) is 5.35. The third-order valence-electron chi connectivity index (χ3n) is 3.15. The zero-order chi connectivity index (χ0) is 17.8. The molecule has 0 saturated heterocycles. The molecule has 0 saturated carbocycles. The van der Waals surface area contributed by atoms with Crippen molar-refractivity contribution in [1.82, 2.24) is 4.98 Å². The lowest BCUT2D eigenvalue weighted by Gasteiger charge is -2.08. The first-order valence-corrected chi connectivity index (χ1v) is 9.95. The summed E-state index contributed by atoms with van der Waals surface area (Å²) in [6.07, 6.45) is 0. The number of thiazole rings is 1. The molecule has 1 N–H and O–H groups in total. The molecule has 0 fully saturated rings. The number of aromatic nitrogens is 1. The molecule has 0 aliphatic rings. The Morgan fingerprint density at radius 1 is 1.24 bits per heavy atom. The Hall–Kier alpha value is -1.41. The molecule has 1 aromatic heterocycles. The molecule has 0 aliphatic heterocycles. The Balaban J connectivity index is 1.61. The van der Waals surface area contributed by atoms with Crippen molar-refractivity contribution >= 4 is 65.8 Å². The molecule has 2 aromatic carbocycles. The lowest BCUT2D eigenvalue weighted by atomic mass is 10.2. The molecule has 3 aromatic rings. The van der Waals surface area contributed by atoms with E-state index in [9.17, 15) is 4.79 Å². The van der Waals surface area contributed by atoms with Gasteiger partial charge in [-0.15, -0.1) is 11.3 Å². The maximum Gasteiger partial charge on any atom is 0.264 e. The number of nitrogens with one attached hydrogen (secondary N) is 1. The van der Waals surface area contributed by atoms with Crippen LogP contribution in [0.3, 0.4) is 0 Å². The minimum absolute atomic E-state index is 0.110. The van der Waals surface area contributed by atoms with Gasteiger partial charge in [0.15, 0.2) is 11.7 Å². The number of hydrogen-bond donors (Lipinski definition) is 1. The monoisotopic (exact) mass is 500 g/mol. The first kappa shape index (κ1) is 18.4. The predicted octanol–water partition coefficient (Wildman–Crippen LogP) is 6.01. The SMILES string of the molecule is O=C(COc1ccc(Br)cc1Br)Nc1nc(-c2ccccc2Cl)cs1. The van der Waals surface area contributed by atoms with Gasteiger partial charge in [-0.1, -0.05) is 45.7 Å². The van der Waals surface area contributed by atoms with Crippen LogP contribution in [0.25, 0.3) is 11.3 Å². The molecule has 0 spiro atoms. The van der Waals surface area contributed by atoms with Gasteiger partial charge in [-0.2, -0.15) is 0 Å². The van der Waals surface area contributed by atoms with Gasteiger partial charge in [-0.25, -0.2) is 4.98 Å². The second-order valence-corrected chi connectivity index (χ2v) is 7.96. The van der Waals surface area contributed by atoms with E-state index < -0.39 is 0 Å². The minimum atomic E-state index is -0.283. The number of carbonyl (C=O) groups is 1. The van der Waals surface area contributed by atoms with Gasteiger partial charge in [0.1, 0.15) is 5.75 Å². The van der Waals surface area contributed by atoms with Crippen LogP contribution in [0.1, 0.15) is 0 Å². The Kier molecular flexibility index (Phi) is 6.11. The van der Waals surface area contributed by atoms with E-state index in [4.69, 9.17) is 16.3 Å². The van der Waals surface area contributed by atoms with Gasteiger partial charge in [-0.05, 0) is 40.2 Å². The van der Waals surface area contributed by atoms with Crippen LogP contribution in [0.4, 0.5) is 5.13 Å². The average Bonchev–Trinajstić information content (AvgIpc) is 3.02. The zero-order valence-corrected chi connectivity index (χ0v) is 17.4. The summed E-state index contributed by atoms with van der Waals surface area (Å²) in [5, 5.41) is 5.70. The van der Waals surface area contributed by atoms with E-state index in [1.54, 1.807) is 12.1 Å². The van der Waals surface area contributed by atoms with Gasteiger partial charge >= 0.3 is 0 Å². The summed E-state index contributed by atoms with van der Waals surface area (Å²) in [6.45, 7) is -0.110. The highest BCUT2D eigenvalue weighted by Gasteiger charge is 2.11. The van der Waals surface area contributed by atoms with Gasteiger partial charge in [0.05, 0.1) is 10.2 Å². The molecule has 25 heavy (non-hydrogen) atoms. The second kappa shape index (κ2) is 8.31. The number of benzene rings is 2. The van der Waals surface area contributed by atoms with E-state index in [1.165, 1.54) is 11.3 Å². The summed E-state index contributed by atoms with van der Waals surface area (Å²) < 4.78 is 7.20. The number of carbonyl (C=O) groups excluding carboxylic acids is 1. The van der Waals surface area contributed by atoms with Crippen LogP contribution in [-0.4, -0.2) is 17.5 Å². The number of halogens is 3. The topological polar surface area (TPSA) is 51.2 Å². The smallest absolute Gasteiger partial charge is 0.264 e. The van der Waals surface area contributed by atoms with Crippen molar-refractivity contribution in [1.29, 1.82) is 0 Å². The lowest BCUT2D eigenvalue weighted by Crippen LogP contribution is -2.20. The highest BCUT2D eigenvalue weighted by molar-refractivity contribution is 9.11. The van der Waals surface area contributed by atoms with E-state index in [0.717, 1.165) is 20.2 Å². The van der Waals surface area contributed by atoms with Crippen molar-refractivity contribution in [3.05, 3.63) is 61.8 Å². The van der Waals surface area contributed by atoms with Crippen molar-refractivity contribution in [2.75, 3.05) is 11.9 Å². The molecule has 0 radical (unpaired) electrons. The van der Waals surface area contributed by atoms with Crippen LogP contribution in [0.5, 0.6) is 5.75 Å². The number of nitrogens with zero attached hydrogens (tertiary/aromatic N) is 1. The van der Waals surface area contributed by atoms with E-state index in [2.05, 4.69) is 42.2 Å². The van der Waals surface area contributed by atoms with Crippen LogP contribution in [0, 0.1) is 0 Å². The summed E-state index contributed by atoms with van der Waals surface area (Å²) in [7, 11) is 0. The van der Waals surface area contributed by atoms with Gasteiger partial charge < -0.3 is 4.74 Å². The number of amides is 1. The van der Waals surface area contributed by atoms with Gasteiger partial charge in [0, 0.05) is 20.4 Å². The quantitative estimate of drug-likeness (QED) is 0.465. The molecule has 1 heterocycles. The maximum absolute atomic E-state index is 12.1. The zero-order valence-electron chi connectivity index (χ0n) is 12.6. The molecule has 128 valence electrons. The number of hydrogen-bond acceptors (Lipinski definition) is 4. The molecule has 8 heteroatoms. The summed E-state index contributed by atoms with van der Waals surface area (Å²) >= 11 is 14.3. The van der Waals surface area contributed by atoms with Crippen LogP contribution in [-0.2, 0) is 4.79 Å². The highest BCUT2D eigenvalue weighted by atomic mass is 79.9. The number of anilines is 1. The summed E-state index contributed by atoms with van der Waals surface area (Å²) in [5.41, 5.74) is 1.55. The van der Waals surface area contributed by atoms with Crippen LogP contribution in [0.2, 0.25) is 5.02 Å². The molecule has 3 rings (SSSR count). The van der Waals surface area contributed by atoms with Crippen LogP contribution < -0.4 is 10.1 Å². The molecule has 0 atom stereocenters. The normalized spacial score (nSPS) is 10.5. The largest absolute Gasteiger partial charge is 0.483 e. The van der Waals surface area contributed by atoms with E-state index >= 15 is 0 Å². The fraction of sp³-hybridized carbons (Fsp3) is 0.0588. The number of ether oxygens (including phenoxy) is 1. The average molecular weight is 503 g/mol. The molecule has 0 bridgehead atoms. The van der Waals surface area contributed by atoms with Gasteiger partial charge in [0.2, 0.25) is 0 Å². The van der Waals surface area contributed by atoms with Crippen molar-refractivity contribution in [2.45, 2.75) is 0 Å². The molecule has 0 aliphatic carbocycles. The second-order valence-electron chi connectivity index (χ2n) is 4.93. The van der Waals surface area contributed by atoms with Crippen LogP contribution >= 0.6 is 54.8 Å². The lowest BCUT2D eigenvalue weighted by molar-refractivity contribution is -0.118. The first-order valence-electron chi connectivity index (χ1n) is 7.11. The Bertz CT molecular complexity index is 917. The van der Waals surface area contributed by atoms with Crippen molar-refractivity contribution in [3.63, 3.8) is 0 Å². The molecule has 0 unspecified atom stereocenters. The first-order chi connectivity index (χ1) is 12.0. The predicted molar refractivity (Wildman–Crippen MR) is 109 cm³/mol. The van der Waals surface area contributed by atoms with Crippen LogP contribution in [0.15, 0.2) is 56.8 Å². The number of rotatable bonds is 5. The molecule has 1 amide bonds.